The number of ether oxygens (including phenoxy) is 2. The summed E-state index contributed by atoms with van der Waals surface area (Å²) >= 11 is 0. The molecule has 5 aromatic rings. The Labute approximate surface area is 229 Å². The summed E-state index contributed by atoms with van der Waals surface area (Å²) in [6.07, 6.45) is 2.12. The number of hydrogen-bond acceptors (Lipinski definition) is 6. The Kier molecular flexibility index (Phi) is 7.39. The summed E-state index contributed by atoms with van der Waals surface area (Å²) in [7, 11) is 3.41. The Morgan fingerprint density at radius 2 is 1.56 bits per heavy atom. The van der Waals surface area contributed by atoms with Gasteiger partial charge in [-0.2, -0.15) is 0 Å². The molecule has 1 saturated heterocycles. The molecule has 6 heteroatoms. The molecular formula is C33H34N4O2. The fourth-order valence-corrected chi connectivity index (χ4v) is 5.53. The van der Waals surface area contributed by atoms with Gasteiger partial charge in [-0.1, -0.05) is 60.7 Å². The van der Waals surface area contributed by atoms with E-state index in [0.717, 1.165) is 71.6 Å². The number of likely N-dealkylation sites (tertiary alicyclic amines) is 1. The third-order valence-electron chi connectivity index (χ3n) is 7.67. The molecule has 1 aliphatic rings. The highest BCUT2D eigenvalue weighted by Crippen LogP contribution is 2.33. The monoisotopic (exact) mass is 518 g/mol. The molecule has 0 atom stereocenters. The maximum atomic E-state index is 5.56. The minimum absolute atomic E-state index is 0.348. The lowest BCUT2D eigenvalue weighted by atomic mass is 10.0. The Hall–Kier alpha value is -4.00. The number of piperidine rings is 1. The summed E-state index contributed by atoms with van der Waals surface area (Å²) < 4.78 is 10.8. The van der Waals surface area contributed by atoms with E-state index in [0.29, 0.717) is 12.6 Å². The molecule has 1 aliphatic heterocycles. The van der Waals surface area contributed by atoms with Crippen LogP contribution in [0.1, 0.15) is 24.0 Å². The average molecular weight is 519 g/mol. The van der Waals surface area contributed by atoms with Crippen LogP contribution in [-0.2, 0) is 17.9 Å². The van der Waals surface area contributed by atoms with Gasteiger partial charge in [0.1, 0.15) is 11.4 Å². The predicted octanol–water partition coefficient (Wildman–Crippen LogP) is 6.68. The van der Waals surface area contributed by atoms with Crippen LogP contribution in [0.5, 0.6) is 5.75 Å². The first-order valence-electron chi connectivity index (χ1n) is 13.6. The SMILES string of the molecule is COCc1ccc(-c2nnc(NC3CCN(Cc4ccc5ccccc5c4)CC3)c3cc(OC)ccc23)cc1. The smallest absolute Gasteiger partial charge is 0.156 e. The molecule has 0 aliphatic carbocycles. The number of nitrogens with one attached hydrogen (secondary N) is 1. The number of hydrogen-bond donors (Lipinski definition) is 1. The van der Waals surface area contributed by atoms with Crippen LogP contribution < -0.4 is 10.1 Å². The normalized spacial score (nSPS) is 14.6. The van der Waals surface area contributed by atoms with Crippen LogP contribution in [0.15, 0.2) is 84.9 Å². The summed E-state index contributed by atoms with van der Waals surface area (Å²) in [5.74, 6) is 1.63. The van der Waals surface area contributed by atoms with E-state index in [9.17, 15) is 0 Å². The third kappa shape index (κ3) is 5.58. The number of rotatable bonds is 8. The van der Waals surface area contributed by atoms with Gasteiger partial charge in [0.2, 0.25) is 0 Å². The van der Waals surface area contributed by atoms with Crippen molar-refractivity contribution < 1.29 is 9.47 Å². The highest BCUT2D eigenvalue weighted by molar-refractivity contribution is 6.00. The number of fused-ring (bicyclic) bond motifs is 2. The Morgan fingerprint density at radius 3 is 2.33 bits per heavy atom. The van der Waals surface area contributed by atoms with Crippen molar-refractivity contribution in [3.05, 3.63) is 96.1 Å². The van der Waals surface area contributed by atoms with E-state index in [1.807, 2.05) is 6.07 Å². The van der Waals surface area contributed by atoms with E-state index in [4.69, 9.17) is 9.47 Å². The van der Waals surface area contributed by atoms with Gasteiger partial charge in [-0.05, 0) is 59.0 Å². The van der Waals surface area contributed by atoms with Gasteiger partial charge in [-0.25, -0.2) is 0 Å². The van der Waals surface area contributed by atoms with Gasteiger partial charge in [0, 0.05) is 49.1 Å². The van der Waals surface area contributed by atoms with Crippen molar-refractivity contribution in [3.63, 3.8) is 0 Å². The van der Waals surface area contributed by atoms with Gasteiger partial charge < -0.3 is 14.8 Å². The maximum Gasteiger partial charge on any atom is 0.156 e. The number of benzene rings is 4. The van der Waals surface area contributed by atoms with E-state index in [1.54, 1.807) is 14.2 Å². The Bertz CT molecular complexity index is 1580. The molecule has 1 N–H and O–H groups in total. The lowest BCUT2D eigenvalue weighted by Gasteiger charge is -2.32. The first kappa shape index (κ1) is 25.3. The lowest BCUT2D eigenvalue weighted by molar-refractivity contribution is 0.185. The molecule has 1 fully saturated rings. The van der Waals surface area contributed by atoms with Crippen molar-refractivity contribution in [2.24, 2.45) is 0 Å². The van der Waals surface area contributed by atoms with Crippen LogP contribution in [0.3, 0.4) is 0 Å². The van der Waals surface area contributed by atoms with E-state index in [-0.39, 0.29) is 0 Å². The molecule has 6 rings (SSSR count). The molecular weight excluding hydrogens is 484 g/mol. The third-order valence-corrected chi connectivity index (χ3v) is 7.67. The second-order valence-electron chi connectivity index (χ2n) is 10.3. The van der Waals surface area contributed by atoms with E-state index < -0.39 is 0 Å². The number of anilines is 1. The number of aromatic nitrogens is 2. The first-order valence-corrected chi connectivity index (χ1v) is 13.6. The van der Waals surface area contributed by atoms with Gasteiger partial charge in [0.05, 0.1) is 13.7 Å². The molecule has 0 radical (unpaired) electrons. The highest BCUT2D eigenvalue weighted by atomic mass is 16.5. The summed E-state index contributed by atoms with van der Waals surface area (Å²) in [5, 5.41) is 17.7. The van der Waals surface area contributed by atoms with Crippen LogP contribution in [0.4, 0.5) is 5.82 Å². The minimum Gasteiger partial charge on any atom is -0.497 e. The molecule has 2 heterocycles. The fourth-order valence-electron chi connectivity index (χ4n) is 5.53. The summed E-state index contributed by atoms with van der Waals surface area (Å²) in [5.41, 5.74) is 4.40. The molecule has 6 nitrogen and oxygen atoms in total. The highest BCUT2D eigenvalue weighted by Gasteiger charge is 2.21. The molecule has 39 heavy (non-hydrogen) atoms. The van der Waals surface area contributed by atoms with Crippen molar-refractivity contribution in [1.29, 1.82) is 0 Å². The van der Waals surface area contributed by atoms with Crippen LogP contribution in [-0.4, -0.2) is 48.4 Å². The molecule has 4 aromatic carbocycles. The van der Waals surface area contributed by atoms with Gasteiger partial charge >= 0.3 is 0 Å². The summed E-state index contributed by atoms with van der Waals surface area (Å²) in [4.78, 5) is 2.55. The zero-order chi connectivity index (χ0) is 26.6. The van der Waals surface area contributed by atoms with Crippen LogP contribution >= 0.6 is 0 Å². The predicted molar refractivity (Wildman–Crippen MR) is 158 cm³/mol. The van der Waals surface area contributed by atoms with Crippen LogP contribution in [0, 0.1) is 0 Å². The minimum atomic E-state index is 0.348. The molecule has 0 amide bonds. The van der Waals surface area contributed by atoms with E-state index >= 15 is 0 Å². The fraction of sp³-hybridized carbons (Fsp3) is 0.273. The Morgan fingerprint density at radius 1 is 0.795 bits per heavy atom. The van der Waals surface area contributed by atoms with Crippen molar-refractivity contribution in [3.8, 4) is 17.0 Å². The molecule has 0 unspecified atom stereocenters. The molecule has 0 spiro atoms. The van der Waals surface area contributed by atoms with Crippen molar-refractivity contribution in [2.75, 3.05) is 32.6 Å². The lowest BCUT2D eigenvalue weighted by Crippen LogP contribution is -2.38. The van der Waals surface area contributed by atoms with Gasteiger partial charge in [0.25, 0.3) is 0 Å². The first-order chi connectivity index (χ1) is 19.2. The van der Waals surface area contributed by atoms with E-state index in [2.05, 4.69) is 99.3 Å². The van der Waals surface area contributed by atoms with Crippen molar-refractivity contribution in [2.45, 2.75) is 32.0 Å². The molecule has 1 aromatic heterocycles. The average Bonchev–Trinajstić information content (AvgIpc) is 2.99. The largest absolute Gasteiger partial charge is 0.497 e. The Balaban J connectivity index is 1.17. The van der Waals surface area contributed by atoms with Gasteiger partial charge in [-0.3, -0.25) is 4.90 Å². The number of methoxy groups -OCH3 is 2. The van der Waals surface area contributed by atoms with Crippen LogP contribution in [0.25, 0.3) is 32.8 Å². The summed E-state index contributed by atoms with van der Waals surface area (Å²) in [6, 6.07) is 30.2. The zero-order valence-electron chi connectivity index (χ0n) is 22.6. The number of nitrogens with zero attached hydrogens (tertiary/aromatic N) is 3. The molecule has 0 bridgehead atoms. The molecule has 198 valence electrons. The maximum absolute atomic E-state index is 5.56. The second-order valence-corrected chi connectivity index (χ2v) is 10.3. The van der Waals surface area contributed by atoms with Crippen molar-refractivity contribution in [1.82, 2.24) is 15.1 Å². The second kappa shape index (κ2) is 11.4. The van der Waals surface area contributed by atoms with Crippen molar-refractivity contribution >= 4 is 27.4 Å². The quantitative estimate of drug-likeness (QED) is 0.247. The zero-order valence-corrected chi connectivity index (χ0v) is 22.6. The standard InChI is InChI=1S/C33H34N4O2/c1-38-22-23-7-11-26(12-8-23)32-30-14-13-29(39-2)20-31(30)33(36-35-32)34-28-15-17-37(18-16-28)21-24-9-10-25-5-3-4-6-27(25)19-24/h3-14,19-20,28H,15-18,21-22H2,1-2H3,(H,34,36). The molecule has 0 saturated carbocycles. The van der Waals surface area contributed by atoms with Gasteiger partial charge in [0.15, 0.2) is 5.82 Å². The van der Waals surface area contributed by atoms with E-state index in [1.165, 1.54) is 16.3 Å². The van der Waals surface area contributed by atoms with Crippen LogP contribution in [0.2, 0.25) is 0 Å². The van der Waals surface area contributed by atoms with Gasteiger partial charge in [-0.15, -0.1) is 10.2 Å². The summed E-state index contributed by atoms with van der Waals surface area (Å²) in [6.45, 7) is 3.67. The topological polar surface area (TPSA) is 59.5 Å².